The molecule has 0 bridgehead atoms. The lowest BCUT2D eigenvalue weighted by atomic mass is 10.1. The van der Waals surface area contributed by atoms with Crippen LogP contribution in [0, 0.1) is 0 Å². The van der Waals surface area contributed by atoms with Crippen LogP contribution in [0.15, 0.2) is 0 Å². The fourth-order valence-corrected chi connectivity index (χ4v) is 3.46. The predicted molar refractivity (Wildman–Crippen MR) is 99.8 cm³/mol. The summed E-state index contributed by atoms with van der Waals surface area (Å²) in [6, 6.07) is 0. The molecule has 2 nitrogen and oxygen atoms in total. The summed E-state index contributed by atoms with van der Waals surface area (Å²) in [5.74, 6) is 0.0160. The normalized spacial score (nSPS) is 11.6. The van der Waals surface area contributed by atoms with E-state index in [4.69, 9.17) is 4.43 Å². The second kappa shape index (κ2) is 14.3. The van der Waals surface area contributed by atoms with Crippen LogP contribution in [-0.2, 0) is 9.22 Å². The van der Waals surface area contributed by atoms with Crippen molar-refractivity contribution in [2.75, 3.05) is 0 Å². The highest BCUT2D eigenvalue weighted by atomic mass is 28.4. The van der Waals surface area contributed by atoms with E-state index in [0.717, 1.165) is 6.42 Å². The minimum absolute atomic E-state index is 0.0160. The van der Waals surface area contributed by atoms with Crippen LogP contribution in [0.4, 0.5) is 0 Å². The van der Waals surface area contributed by atoms with Crippen LogP contribution in [0.1, 0.15) is 96.8 Å². The molecule has 0 aromatic carbocycles. The summed E-state index contributed by atoms with van der Waals surface area (Å²) in [5, 5.41) is 0. The Morgan fingerprint density at radius 1 is 0.682 bits per heavy atom. The highest BCUT2D eigenvalue weighted by molar-refractivity contribution is 6.71. The Bertz CT molecular complexity index is 259. The molecule has 0 unspecified atom stereocenters. The number of carbonyl (C=O) groups is 1. The van der Waals surface area contributed by atoms with Crippen LogP contribution in [0.3, 0.4) is 0 Å². The van der Waals surface area contributed by atoms with E-state index in [9.17, 15) is 4.79 Å². The van der Waals surface area contributed by atoms with Crippen molar-refractivity contribution < 1.29 is 9.22 Å². The molecule has 0 amide bonds. The lowest BCUT2D eigenvalue weighted by Crippen LogP contribution is -2.28. The molecule has 132 valence electrons. The first-order chi connectivity index (χ1) is 10.5. The molecule has 0 aliphatic rings. The minimum atomic E-state index is -1.67. The zero-order chi connectivity index (χ0) is 16.7. The maximum absolute atomic E-state index is 11.6. The Hall–Kier alpha value is -0.313. The molecule has 0 spiro atoms. The molecular weight excluding hydrogens is 289 g/mol. The van der Waals surface area contributed by atoms with Gasteiger partial charge in [0.15, 0.2) is 0 Å². The third kappa shape index (κ3) is 17.7. The third-order valence-electron chi connectivity index (χ3n) is 3.90. The molecule has 0 N–H and O–H groups in total. The van der Waals surface area contributed by atoms with Crippen LogP contribution in [0.25, 0.3) is 0 Å². The van der Waals surface area contributed by atoms with Crippen molar-refractivity contribution >= 4 is 14.3 Å². The van der Waals surface area contributed by atoms with Crippen molar-refractivity contribution in [1.82, 2.24) is 0 Å². The standard InChI is InChI=1S/C19H40O2Si/c1-5-6-7-8-9-10-11-12-13-14-15-16-17-18-19(20)21-22(2,3)4/h5-18H2,1-4H3/i16+1. The van der Waals surface area contributed by atoms with Crippen LogP contribution >= 0.6 is 0 Å². The summed E-state index contributed by atoms with van der Waals surface area (Å²) in [7, 11) is -1.67. The first-order valence-electron chi connectivity index (χ1n) is 9.67. The van der Waals surface area contributed by atoms with Crippen LogP contribution < -0.4 is 0 Å². The molecule has 22 heavy (non-hydrogen) atoms. The monoisotopic (exact) mass is 329 g/mol. The number of carbonyl (C=O) groups excluding carboxylic acids is 1. The van der Waals surface area contributed by atoms with E-state index in [1.54, 1.807) is 0 Å². The van der Waals surface area contributed by atoms with Crippen molar-refractivity contribution in [1.29, 1.82) is 0 Å². The number of unbranched alkanes of at least 4 members (excludes halogenated alkanes) is 12. The Labute approximate surface area is 140 Å². The van der Waals surface area contributed by atoms with E-state index in [2.05, 4.69) is 26.6 Å². The van der Waals surface area contributed by atoms with Gasteiger partial charge in [0.2, 0.25) is 8.32 Å². The molecule has 0 radical (unpaired) electrons. The summed E-state index contributed by atoms with van der Waals surface area (Å²) in [5.41, 5.74) is 0. The van der Waals surface area contributed by atoms with Crippen molar-refractivity contribution in [3.05, 3.63) is 0 Å². The average Bonchev–Trinajstić information content (AvgIpc) is 2.42. The SMILES string of the molecule is CCCCCCCCCCCC[13CH2]CCC(=O)O[Si](C)(C)C. The second-order valence-electron chi connectivity index (χ2n) is 7.58. The first-order valence-corrected chi connectivity index (χ1v) is 13.1. The minimum Gasteiger partial charge on any atom is -0.520 e. The van der Waals surface area contributed by atoms with Gasteiger partial charge in [-0.1, -0.05) is 84.0 Å². The highest BCUT2D eigenvalue weighted by Crippen LogP contribution is 2.13. The summed E-state index contributed by atoms with van der Waals surface area (Å²) < 4.78 is 5.44. The van der Waals surface area contributed by atoms with Crippen molar-refractivity contribution in [3.8, 4) is 0 Å². The second-order valence-corrected chi connectivity index (χ2v) is 12.0. The van der Waals surface area contributed by atoms with Gasteiger partial charge in [-0.25, -0.2) is 0 Å². The van der Waals surface area contributed by atoms with Gasteiger partial charge in [-0.3, -0.25) is 4.79 Å². The van der Waals surface area contributed by atoms with Gasteiger partial charge in [-0.2, -0.15) is 0 Å². The van der Waals surface area contributed by atoms with Gasteiger partial charge in [0.05, 0.1) is 0 Å². The molecule has 0 heterocycles. The van der Waals surface area contributed by atoms with Gasteiger partial charge < -0.3 is 4.43 Å². The lowest BCUT2D eigenvalue weighted by molar-refractivity contribution is -0.135. The number of hydrogen-bond acceptors (Lipinski definition) is 2. The molecule has 0 aromatic rings. The first kappa shape index (κ1) is 21.7. The van der Waals surface area contributed by atoms with Gasteiger partial charge in [-0.15, -0.1) is 0 Å². The largest absolute Gasteiger partial charge is 0.520 e. The molecule has 0 atom stereocenters. The Kier molecular flexibility index (Phi) is 14.1. The highest BCUT2D eigenvalue weighted by Gasteiger charge is 2.19. The van der Waals surface area contributed by atoms with Crippen molar-refractivity contribution in [2.24, 2.45) is 0 Å². The smallest absolute Gasteiger partial charge is 0.292 e. The van der Waals surface area contributed by atoms with E-state index < -0.39 is 8.32 Å². The Balaban J connectivity index is 3.16. The lowest BCUT2D eigenvalue weighted by Gasteiger charge is -2.17. The zero-order valence-corrected chi connectivity index (χ0v) is 16.7. The van der Waals surface area contributed by atoms with Crippen LogP contribution in [0.2, 0.25) is 19.6 Å². The summed E-state index contributed by atoms with van der Waals surface area (Å²) >= 11 is 0. The van der Waals surface area contributed by atoms with E-state index in [1.165, 1.54) is 77.0 Å². The summed E-state index contributed by atoms with van der Waals surface area (Å²) in [6.07, 6.45) is 18.0. The van der Waals surface area contributed by atoms with Gasteiger partial charge in [0.25, 0.3) is 5.97 Å². The predicted octanol–water partition coefficient (Wildman–Crippen LogP) is 6.85. The molecular formula is C19H40O2Si. The molecule has 0 fully saturated rings. The van der Waals surface area contributed by atoms with Crippen LogP contribution in [-0.4, -0.2) is 14.3 Å². The molecule has 0 aliphatic carbocycles. The molecule has 3 heteroatoms. The Morgan fingerprint density at radius 2 is 1.05 bits per heavy atom. The zero-order valence-electron chi connectivity index (χ0n) is 15.7. The maximum Gasteiger partial charge on any atom is 0.292 e. The molecule has 0 aromatic heterocycles. The number of rotatable bonds is 15. The van der Waals surface area contributed by atoms with E-state index in [0.29, 0.717) is 6.42 Å². The van der Waals surface area contributed by atoms with E-state index in [1.807, 2.05) is 0 Å². The van der Waals surface area contributed by atoms with Crippen molar-refractivity contribution in [2.45, 2.75) is 116 Å². The van der Waals surface area contributed by atoms with Crippen molar-refractivity contribution in [3.63, 3.8) is 0 Å². The topological polar surface area (TPSA) is 26.3 Å². The average molecular weight is 330 g/mol. The third-order valence-corrected chi connectivity index (χ3v) is 4.74. The molecule has 0 saturated heterocycles. The summed E-state index contributed by atoms with van der Waals surface area (Å²) in [6.45, 7) is 8.47. The molecule has 0 saturated carbocycles. The van der Waals surface area contributed by atoms with Gasteiger partial charge in [0.1, 0.15) is 0 Å². The van der Waals surface area contributed by atoms with Crippen LogP contribution in [0.5, 0.6) is 0 Å². The van der Waals surface area contributed by atoms with Gasteiger partial charge in [-0.05, 0) is 26.1 Å². The quantitative estimate of drug-likeness (QED) is 0.187. The van der Waals surface area contributed by atoms with E-state index in [-0.39, 0.29) is 5.97 Å². The molecule has 0 rings (SSSR count). The fraction of sp³-hybridized carbons (Fsp3) is 0.947. The van der Waals surface area contributed by atoms with Gasteiger partial charge in [0, 0.05) is 6.42 Å². The van der Waals surface area contributed by atoms with E-state index >= 15 is 0 Å². The summed E-state index contributed by atoms with van der Waals surface area (Å²) in [4.78, 5) is 11.6. The van der Waals surface area contributed by atoms with Gasteiger partial charge >= 0.3 is 0 Å². The number of hydrogen-bond donors (Lipinski definition) is 0. The molecule has 0 aliphatic heterocycles. The fourth-order valence-electron chi connectivity index (χ4n) is 2.68. The Morgan fingerprint density at radius 3 is 1.41 bits per heavy atom. The maximum atomic E-state index is 11.6.